The molecule has 0 spiro atoms. The molecule has 0 saturated heterocycles. The van der Waals surface area contributed by atoms with Gasteiger partial charge in [0.15, 0.2) is 0 Å². The number of anilines is 1. The third kappa shape index (κ3) is 1.60. The van der Waals surface area contributed by atoms with Crippen molar-refractivity contribution in [3.63, 3.8) is 0 Å². The molecule has 0 bridgehead atoms. The minimum atomic E-state index is 0.850. The Balaban J connectivity index is 2.61. The largest absolute Gasteiger partial charge is 0.496 e. The van der Waals surface area contributed by atoms with E-state index in [0.29, 0.717) is 0 Å². The summed E-state index contributed by atoms with van der Waals surface area (Å²) in [5.41, 5.74) is 10.6. The molecule has 0 radical (unpaired) electrons. The zero-order valence-electron chi connectivity index (χ0n) is 9.18. The molecule has 2 heteroatoms. The monoisotopic (exact) mass is 203 g/mol. The fourth-order valence-corrected chi connectivity index (χ4v) is 2.31. The lowest BCUT2D eigenvalue weighted by molar-refractivity contribution is 0.413. The highest BCUT2D eigenvalue weighted by Gasteiger charge is 2.17. The van der Waals surface area contributed by atoms with E-state index in [1.165, 1.54) is 24.0 Å². The lowest BCUT2D eigenvalue weighted by Gasteiger charge is -2.21. The summed E-state index contributed by atoms with van der Waals surface area (Å²) >= 11 is 0. The summed E-state index contributed by atoms with van der Waals surface area (Å²) in [6.45, 7) is 3.79. The fraction of sp³-hybridized carbons (Fsp3) is 0.385. The SMILES string of the molecule is C=Cc1c(OC)cc2c(c1N)CCCC2. The second kappa shape index (κ2) is 3.97. The molecule has 2 nitrogen and oxygen atoms in total. The molecule has 0 atom stereocenters. The number of rotatable bonds is 2. The Morgan fingerprint density at radius 1 is 1.40 bits per heavy atom. The Bertz CT molecular complexity index is 396. The summed E-state index contributed by atoms with van der Waals surface area (Å²) in [5.74, 6) is 0.850. The number of fused-ring (bicyclic) bond motifs is 1. The van der Waals surface area contributed by atoms with Crippen LogP contribution < -0.4 is 10.5 Å². The molecule has 2 rings (SSSR count). The first-order chi connectivity index (χ1) is 7.27. The molecule has 0 saturated carbocycles. The lowest BCUT2D eigenvalue weighted by atomic mass is 9.88. The van der Waals surface area contributed by atoms with Crippen molar-refractivity contribution in [2.45, 2.75) is 25.7 Å². The molecule has 15 heavy (non-hydrogen) atoms. The van der Waals surface area contributed by atoms with E-state index >= 15 is 0 Å². The predicted octanol–water partition coefficient (Wildman–Crippen LogP) is 2.80. The first-order valence-electron chi connectivity index (χ1n) is 5.38. The number of aryl methyl sites for hydroxylation is 1. The number of nitrogen functional groups attached to an aromatic ring is 1. The Morgan fingerprint density at radius 3 is 2.80 bits per heavy atom. The van der Waals surface area contributed by atoms with Crippen molar-refractivity contribution in [2.24, 2.45) is 0 Å². The molecule has 0 amide bonds. The topological polar surface area (TPSA) is 35.2 Å². The van der Waals surface area contributed by atoms with Gasteiger partial charge in [0, 0.05) is 11.3 Å². The van der Waals surface area contributed by atoms with E-state index in [2.05, 4.69) is 12.6 Å². The third-order valence-corrected chi connectivity index (χ3v) is 3.12. The number of nitrogens with two attached hydrogens (primary N) is 1. The molecule has 80 valence electrons. The lowest BCUT2D eigenvalue weighted by Crippen LogP contribution is -2.08. The summed E-state index contributed by atoms with van der Waals surface area (Å²) in [5, 5.41) is 0. The molecule has 0 unspecified atom stereocenters. The Kier molecular flexibility index (Phi) is 2.67. The normalized spacial score (nSPS) is 14.5. The van der Waals surface area contributed by atoms with Gasteiger partial charge in [0.2, 0.25) is 0 Å². The maximum Gasteiger partial charge on any atom is 0.128 e. The maximum atomic E-state index is 6.14. The molecule has 0 aromatic heterocycles. The van der Waals surface area contributed by atoms with Crippen LogP contribution in [0.1, 0.15) is 29.5 Å². The highest BCUT2D eigenvalue weighted by atomic mass is 16.5. The van der Waals surface area contributed by atoms with Crippen molar-refractivity contribution < 1.29 is 4.74 Å². The minimum absolute atomic E-state index is 0.850. The molecule has 1 aromatic rings. The zero-order chi connectivity index (χ0) is 10.8. The molecular weight excluding hydrogens is 186 g/mol. The van der Waals surface area contributed by atoms with E-state index < -0.39 is 0 Å². The molecule has 0 aliphatic heterocycles. The van der Waals surface area contributed by atoms with E-state index in [1.807, 2.05) is 0 Å². The molecular formula is C13H17NO. The van der Waals surface area contributed by atoms with Crippen molar-refractivity contribution >= 4 is 11.8 Å². The van der Waals surface area contributed by atoms with Crippen molar-refractivity contribution in [1.29, 1.82) is 0 Å². The van der Waals surface area contributed by atoms with Crippen LogP contribution in [0.3, 0.4) is 0 Å². The van der Waals surface area contributed by atoms with Gasteiger partial charge in [0.05, 0.1) is 7.11 Å². The number of hydrogen-bond acceptors (Lipinski definition) is 2. The minimum Gasteiger partial charge on any atom is -0.496 e. The molecule has 0 heterocycles. The van der Waals surface area contributed by atoms with Gasteiger partial charge in [-0.1, -0.05) is 12.7 Å². The smallest absolute Gasteiger partial charge is 0.128 e. The summed E-state index contributed by atoms with van der Waals surface area (Å²) in [6, 6.07) is 2.11. The molecule has 1 aliphatic carbocycles. The van der Waals surface area contributed by atoms with Gasteiger partial charge in [-0.05, 0) is 42.9 Å². The number of benzene rings is 1. The Labute approximate surface area is 90.7 Å². The second-order valence-corrected chi connectivity index (χ2v) is 3.96. The fourth-order valence-electron chi connectivity index (χ4n) is 2.31. The summed E-state index contributed by atoms with van der Waals surface area (Å²) in [4.78, 5) is 0. The average Bonchev–Trinajstić information content (AvgIpc) is 2.29. The van der Waals surface area contributed by atoms with Crippen LogP contribution in [0.25, 0.3) is 6.08 Å². The molecule has 0 fully saturated rings. The van der Waals surface area contributed by atoms with Crippen molar-refractivity contribution in [3.05, 3.63) is 29.3 Å². The van der Waals surface area contributed by atoms with E-state index in [0.717, 1.165) is 29.8 Å². The van der Waals surface area contributed by atoms with Gasteiger partial charge in [-0.15, -0.1) is 0 Å². The summed E-state index contributed by atoms with van der Waals surface area (Å²) < 4.78 is 5.33. The van der Waals surface area contributed by atoms with Crippen LogP contribution in [0.5, 0.6) is 5.75 Å². The maximum absolute atomic E-state index is 6.14. The Hall–Kier alpha value is -1.44. The van der Waals surface area contributed by atoms with Gasteiger partial charge < -0.3 is 10.5 Å². The average molecular weight is 203 g/mol. The number of ether oxygens (including phenoxy) is 1. The first kappa shape index (κ1) is 10.1. The van der Waals surface area contributed by atoms with Crippen molar-refractivity contribution in [1.82, 2.24) is 0 Å². The molecule has 1 aromatic carbocycles. The number of methoxy groups -OCH3 is 1. The van der Waals surface area contributed by atoms with Crippen LogP contribution in [0, 0.1) is 0 Å². The van der Waals surface area contributed by atoms with Gasteiger partial charge in [-0.25, -0.2) is 0 Å². The quantitative estimate of drug-likeness (QED) is 0.750. The standard InChI is InChI=1S/C13H17NO/c1-3-10-12(15-2)8-9-6-4-5-7-11(9)13(10)14/h3,8H,1,4-7,14H2,2H3. The zero-order valence-corrected chi connectivity index (χ0v) is 9.18. The third-order valence-electron chi connectivity index (χ3n) is 3.12. The van der Waals surface area contributed by atoms with Gasteiger partial charge >= 0.3 is 0 Å². The predicted molar refractivity (Wildman–Crippen MR) is 64.1 cm³/mol. The van der Waals surface area contributed by atoms with Crippen molar-refractivity contribution in [2.75, 3.05) is 12.8 Å². The van der Waals surface area contributed by atoms with Crippen LogP contribution in [0.15, 0.2) is 12.6 Å². The highest BCUT2D eigenvalue weighted by Crippen LogP contribution is 2.35. The molecule has 1 aliphatic rings. The second-order valence-electron chi connectivity index (χ2n) is 3.96. The van der Waals surface area contributed by atoms with Gasteiger partial charge in [0.1, 0.15) is 5.75 Å². The van der Waals surface area contributed by atoms with E-state index in [-0.39, 0.29) is 0 Å². The summed E-state index contributed by atoms with van der Waals surface area (Å²) in [6.07, 6.45) is 6.48. The van der Waals surface area contributed by atoms with Crippen LogP contribution in [-0.4, -0.2) is 7.11 Å². The van der Waals surface area contributed by atoms with Crippen LogP contribution >= 0.6 is 0 Å². The van der Waals surface area contributed by atoms with E-state index in [1.54, 1.807) is 13.2 Å². The van der Waals surface area contributed by atoms with Crippen LogP contribution in [0.4, 0.5) is 5.69 Å². The van der Waals surface area contributed by atoms with E-state index in [9.17, 15) is 0 Å². The van der Waals surface area contributed by atoms with Crippen LogP contribution in [0.2, 0.25) is 0 Å². The highest BCUT2D eigenvalue weighted by molar-refractivity contribution is 5.74. The summed E-state index contributed by atoms with van der Waals surface area (Å²) in [7, 11) is 1.68. The first-order valence-corrected chi connectivity index (χ1v) is 5.38. The van der Waals surface area contributed by atoms with Gasteiger partial charge in [-0.3, -0.25) is 0 Å². The number of hydrogen-bond donors (Lipinski definition) is 1. The van der Waals surface area contributed by atoms with E-state index in [4.69, 9.17) is 10.5 Å². The Morgan fingerprint density at radius 2 is 2.13 bits per heavy atom. The molecule has 2 N–H and O–H groups in total. The van der Waals surface area contributed by atoms with Crippen LogP contribution in [-0.2, 0) is 12.8 Å². The van der Waals surface area contributed by atoms with Crippen molar-refractivity contribution in [3.8, 4) is 5.75 Å². The van der Waals surface area contributed by atoms with Gasteiger partial charge in [0.25, 0.3) is 0 Å². The van der Waals surface area contributed by atoms with Gasteiger partial charge in [-0.2, -0.15) is 0 Å².